The Balaban J connectivity index is 2.88. The van der Waals surface area contributed by atoms with Crippen LogP contribution >= 0.6 is 0 Å². The Morgan fingerprint density at radius 1 is 1.10 bits per heavy atom. The van der Waals surface area contributed by atoms with Gasteiger partial charge in [0.05, 0.1) is 0 Å². The third-order valence-corrected chi connectivity index (χ3v) is 3.52. The Kier molecular flexibility index (Phi) is 4.08. The molecule has 0 aliphatic rings. The van der Waals surface area contributed by atoms with Crippen molar-refractivity contribution >= 4 is 11.2 Å². The monoisotopic (exact) mass is 279 g/mol. The van der Waals surface area contributed by atoms with E-state index >= 15 is 0 Å². The van der Waals surface area contributed by atoms with E-state index in [0.717, 1.165) is 12.2 Å². The SMILES string of the molecule is CCn1c(=O)c2c(nc(C)n2CCCN)n(CC)c1=O. The number of nitrogens with two attached hydrogens (primary N) is 1. The molecular weight excluding hydrogens is 258 g/mol. The van der Waals surface area contributed by atoms with Gasteiger partial charge in [-0.1, -0.05) is 0 Å². The number of aromatic nitrogens is 4. The average molecular weight is 279 g/mol. The van der Waals surface area contributed by atoms with E-state index < -0.39 is 0 Å². The minimum atomic E-state index is -0.295. The van der Waals surface area contributed by atoms with Crippen LogP contribution in [0.4, 0.5) is 0 Å². The highest BCUT2D eigenvalue weighted by molar-refractivity contribution is 5.71. The van der Waals surface area contributed by atoms with Gasteiger partial charge in [-0.15, -0.1) is 0 Å². The van der Waals surface area contributed by atoms with E-state index in [-0.39, 0.29) is 11.2 Å². The lowest BCUT2D eigenvalue weighted by Crippen LogP contribution is -2.40. The minimum absolute atomic E-state index is 0.269. The second-order valence-corrected chi connectivity index (χ2v) is 4.70. The number of aryl methyl sites for hydroxylation is 3. The van der Waals surface area contributed by atoms with Crippen LogP contribution in [0.25, 0.3) is 11.2 Å². The summed E-state index contributed by atoms with van der Waals surface area (Å²) in [5.41, 5.74) is 5.95. The predicted octanol–water partition coefficient (Wildman–Crippen LogP) is 0.0567. The minimum Gasteiger partial charge on any atom is -0.330 e. The van der Waals surface area contributed by atoms with Gasteiger partial charge in [-0.25, -0.2) is 9.78 Å². The van der Waals surface area contributed by atoms with E-state index in [1.807, 2.05) is 18.4 Å². The molecule has 0 bridgehead atoms. The largest absolute Gasteiger partial charge is 0.332 e. The van der Waals surface area contributed by atoms with Gasteiger partial charge in [-0.05, 0) is 33.7 Å². The van der Waals surface area contributed by atoms with Crippen molar-refractivity contribution in [3.8, 4) is 0 Å². The topological polar surface area (TPSA) is 87.8 Å². The molecule has 0 atom stereocenters. The normalized spacial score (nSPS) is 11.4. The molecule has 0 aromatic carbocycles. The summed E-state index contributed by atoms with van der Waals surface area (Å²) in [6, 6.07) is 0. The average Bonchev–Trinajstić information content (AvgIpc) is 2.74. The van der Waals surface area contributed by atoms with Gasteiger partial charge in [0.15, 0.2) is 11.2 Å². The van der Waals surface area contributed by atoms with Crippen LogP contribution in [0.2, 0.25) is 0 Å². The van der Waals surface area contributed by atoms with Gasteiger partial charge in [0.25, 0.3) is 5.56 Å². The first-order valence-corrected chi connectivity index (χ1v) is 6.97. The number of hydrogen-bond acceptors (Lipinski definition) is 4. The zero-order valence-electron chi connectivity index (χ0n) is 12.2. The van der Waals surface area contributed by atoms with Crippen molar-refractivity contribution in [1.82, 2.24) is 18.7 Å². The first kappa shape index (κ1) is 14.5. The molecule has 2 rings (SSSR count). The van der Waals surface area contributed by atoms with Crippen LogP contribution in [-0.2, 0) is 19.6 Å². The van der Waals surface area contributed by atoms with Crippen molar-refractivity contribution in [2.24, 2.45) is 5.73 Å². The second-order valence-electron chi connectivity index (χ2n) is 4.70. The Bertz CT molecular complexity index is 738. The Labute approximate surface area is 116 Å². The van der Waals surface area contributed by atoms with Crippen LogP contribution in [0.5, 0.6) is 0 Å². The van der Waals surface area contributed by atoms with E-state index in [9.17, 15) is 9.59 Å². The molecule has 0 aliphatic heterocycles. The first-order valence-electron chi connectivity index (χ1n) is 6.97. The molecule has 0 saturated heterocycles. The van der Waals surface area contributed by atoms with E-state index in [1.165, 1.54) is 4.57 Å². The van der Waals surface area contributed by atoms with Gasteiger partial charge >= 0.3 is 5.69 Å². The highest BCUT2D eigenvalue weighted by Gasteiger charge is 2.18. The maximum atomic E-state index is 12.5. The molecule has 0 aliphatic carbocycles. The first-order chi connectivity index (χ1) is 9.56. The van der Waals surface area contributed by atoms with Crippen molar-refractivity contribution in [2.75, 3.05) is 6.54 Å². The molecule has 7 heteroatoms. The highest BCUT2D eigenvalue weighted by atomic mass is 16.2. The van der Waals surface area contributed by atoms with E-state index in [2.05, 4.69) is 4.98 Å². The summed E-state index contributed by atoms with van der Waals surface area (Å²) in [5.74, 6) is 0.737. The quantitative estimate of drug-likeness (QED) is 0.838. The van der Waals surface area contributed by atoms with Crippen LogP contribution in [0.15, 0.2) is 9.59 Å². The summed E-state index contributed by atoms with van der Waals surface area (Å²) in [6.45, 7) is 7.55. The van der Waals surface area contributed by atoms with Gasteiger partial charge in [0.2, 0.25) is 0 Å². The zero-order chi connectivity index (χ0) is 14.9. The third kappa shape index (κ3) is 2.07. The Morgan fingerprint density at radius 2 is 1.75 bits per heavy atom. The molecule has 2 heterocycles. The molecule has 20 heavy (non-hydrogen) atoms. The van der Waals surface area contributed by atoms with E-state index in [4.69, 9.17) is 5.73 Å². The maximum Gasteiger partial charge on any atom is 0.332 e. The van der Waals surface area contributed by atoms with Crippen LogP contribution in [0.1, 0.15) is 26.1 Å². The lowest BCUT2D eigenvalue weighted by atomic mass is 10.4. The van der Waals surface area contributed by atoms with Crippen LogP contribution in [-0.4, -0.2) is 25.2 Å². The zero-order valence-corrected chi connectivity index (χ0v) is 12.2. The van der Waals surface area contributed by atoms with Gasteiger partial charge in [-0.3, -0.25) is 13.9 Å². The molecule has 2 N–H and O–H groups in total. The molecule has 0 amide bonds. The Hall–Kier alpha value is -1.89. The predicted molar refractivity (Wildman–Crippen MR) is 78.0 cm³/mol. The lowest BCUT2D eigenvalue weighted by Gasteiger charge is -2.09. The summed E-state index contributed by atoms with van der Waals surface area (Å²) in [4.78, 5) is 29.2. The fourth-order valence-corrected chi connectivity index (χ4v) is 2.49. The van der Waals surface area contributed by atoms with Crippen molar-refractivity contribution in [3.05, 3.63) is 26.7 Å². The second kappa shape index (κ2) is 5.62. The van der Waals surface area contributed by atoms with E-state index in [0.29, 0.717) is 37.3 Å². The number of hydrogen-bond donors (Lipinski definition) is 1. The van der Waals surface area contributed by atoms with Gasteiger partial charge in [0, 0.05) is 19.6 Å². The summed E-state index contributed by atoms with van der Waals surface area (Å²) in [5, 5.41) is 0. The molecule has 0 saturated carbocycles. The highest BCUT2D eigenvalue weighted by Crippen LogP contribution is 2.11. The van der Waals surface area contributed by atoms with Crippen molar-refractivity contribution in [3.63, 3.8) is 0 Å². The van der Waals surface area contributed by atoms with Gasteiger partial charge in [0.1, 0.15) is 5.82 Å². The standard InChI is InChI=1S/C13H21N5O2/c1-4-16-11-10(12(19)17(5-2)13(16)20)18(8-6-7-14)9(3)15-11/h4-8,14H2,1-3H3. The molecule has 110 valence electrons. The maximum absolute atomic E-state index is 12.5. The number of imidazole rings is 1. The number of rotatable bonds is 5. The Morgan fingerprint density at radius 3 is 2.30 bits per heavy atom. The van der Waals surface area contributed by atoms with Crippen LogP contribution < -0.4 is 17.0 Å². The third-order valence-electron chi connectivity index (χ3n) is 3.52. The van der Waals surface area contributed by atoms with Gasteiger partial charge < -0.3 is 10.3 Å². The van der Waals surface area contributed by atoms with E-state index in [1.54, 1.807) is 11.5 Å². The lowest BCUT2D eigenvalue weighted by molar-refractivity contribution is 0.598. The fourth-order valence-electron chi connectivity index (χ4n) is 2.49. The summed E-state index contributed by atoms with van der Waals surface area (Å²) in [6.07, 6.45) is 0.767. The fraction of sp³-hybridized carbons (Fsp3) is 0.615. The van der Waals surface area contributed by atoms with Crippen molar-refractivity contribution < 1.29 is 0 Å². The smallest absolute Gasteiger partial charge is 0.330 e. The van der Waals surface area contributed by atoms with Crippen molar-refractivity contribution in [2.45, 2.75) is 46.8 Å². The number of fused-ring (bicyclic) bond motifs is 1. The molecule has 0 unspecified atom stereocenters. The molecule has 0 spiro atoms. The molecular formula is C13H21N5O2. The summed E-state index contributed by atoms with van der Waals surface area (Å²) in [7, 11) is 0. The van der Waals surface area contributed by atoms with Crippen LogP contribution in [0.3, 0.4) is 0 Å². The summed E-state index contributed by atoms with van der Waals surface area (Å²) >= 11 is 0. The molecule has 2 aromatic rings. The molecule has 0 fully saturated rings. The molecule has 0 radical (unpaired) electrons. The molecule has 2 aromatic heterocycles. The van der Waals surface area contributed by atoms with Crippen LogP contribution in [0, 0.1) is 6.92 Å². The number of nitrogens with zero attached hydrogens (tertiary/aromatic N) is 4. The van der Waals surface area contributed by atoms with Gasteiger partial charge in [-0.2, -0.15) is 0 Å². The van der Waals surface area contributed by atoms with Crippen molar-refractivity contribution in [1.29, 1.82) is 0 Å². The molecule has 7 nitrogen and oxygen atoms in total. The summed E-state index contributed by atoms with van der Waals surface area (Å²) < 4.78 is 4.67.